The molecule has 0 fully saturated rings. The Morgan fingerprint density at radius 1 is 1.37 bits per heavy atom. The number of rotatable bonds is 7. The number of phenolic OH excluding ortho intramolecular Hbond substituents is 2. The first-order chi connectivity index (χ1) is 8.95. The van der Waals surface area contributed by atoms with Gasteiger partial charge in [-0.25, -0.2) is 0 Å². The van der Waals surface area contributed by atoms with Gasteiger partial charge in [-0.1, -0.05) is 19.1 Å². The Morgan fingerprint density at radius 3 is 2.63 bits per heavy atom. The molecule has 1 rings (SSSR count). The van der Waals surface area contributed by atoms with Crippen LogP contribution in [0.5, 0.6) is 11.5 Å². The lowest BCUT2D eigenvalue weighted by Gasteiger charge is -2.16. The van der Waals surface area contributed by atoms with Gasteiger partial charge in [0.15, 0.2) is 11.5 Å². The summed E-state index contributed by atoms with van der Waals surface area (Å²) >= 11 is 0. The molecule has 0 bridgehead atoms. The fraction of sp³-hybridized carbons (Fsp3) is 0.500. The topological polar surface area (TPSA) is 104 Å². The highest BCUT2D eigenvalue weighted by Gasteiger charge is 2.19. The predicted molar refractivity (Wildman–Crippen MR) is 72.1 cm³/mol. The monoisotopic (exact) mass is 267 g/mol. The third-order valence-electron chi connectivity index (χ3n) is 3.33. The van der Waals surface area contributed by atoms with Gasteiger partial charge in [0.1, 0.15) is 0 Å². The van der Waals surface area contributed by atoms with Crippen LogP contribution < -0.4 is 5.73 Å². The molecule has 0 spiro atoms. The number of hydrogen-bond donors (Lipinski definition) is 4. The highest BCUT2D eigenvalue weighted by molar-refractivity contribution is 5.70. The smallest absolute Gasteiger partial charge is 0.307 e. The van der Waals surface area contributed by atoms with Crippen LogP contribution in [0.25, 0.3) is 0 Å². The molecule has 5 heteroatoms. The van der Waals surface area contributed by atoms with Gasteiger partial charge in [0.05, 0.1) is 5.92 Å². The van der Waals surface area contributed by atoms with Gasteiger partial charge < -0.3 is 21.1 Å². The highest BCUT2D eigenvalue weighted by Crippen LogP contribution is 2.30. The lowest BCUT2D eigenvalue weighted by molar-refractivity contribution is -0.141. The molecule has 106 valence electrons. The molecule has 5 nitrogen and oxygen atoms in total. The van der Waals surface area contributed by atoms with Crippen LogP contribution in [0.3, 0.4) is 0 Å². The number of carbonyl (C=O) groups is 1. The normalized spacial score (nSPS) is 14.0. The van der Waals surface area contributed by atoms with Crippen molar-refractivity contribution >= 4 is 5.97 Å². The Morgan fingerprint density at radius 2 is 2.05 bits per heavy atom. The van der Waals surface area contributed by atoms with E-state index in [4.69, 9.17) is 10.8 Å². The number of nitrogens with two attached hydrogens (primary N) is 1. The van der Waals surface area contributed by atoms with Crippen LogP contribution in [-0.4, -0.2) is 27.8 Å². The molecular weight excluding hydrogens is 246 g/mol. The molecule has 5 N–H and O–H groups in total. The number of para-hydroxylation sites is 1. The molecule has 2 unspecified atom stereocenters. The fourth-order valence-corrected chi connectivity index (χ4v) is 2.08. The molecule has 0 radical (unpaired) electrons. The van der Waals surface area contributed by atoms with E-state index in [1.165, 1.54) is 6.07 Å². The molecule has 1 aromatic carbocycles. The summed E-state index contributed by atoms with van der Waals surface area (Å²) in [6, 6.07) is 4.85. The van der Waals surface area contributed by atoms with E-state index in [0.29, 0.717) is 18.4 Å². The molecule has 1 aromatic rings. The van der Waals surface area contributed by atoms with E-state index in [1.807, 2.05) is 6.92 Å². The van der Waals surface area contributed by atoms with Crippen molar-refractivity contribution < 1.29 is 20.1 Å². The van der Waals surface area contributed by atoms with Crippen molar-refractivity contribution in [3.63, 3.8) is 0 Å². The van der Waals surface area contributed by atoms with Gasteiger partial charge in [0.25, 0.3) is 0 Å². The Kier molecular flexibility index (Phi) is 5.63. The fourth-order valence-electron chi connectivity index (χ4n) is 2.08. The number of hydrogen-bond acceptors (Lipinski definition) is 4. The maximum absolute atomic E-state index is 10.9. The second kappa shape index (κ2) is 6.99. The molecule has 0 aromatic heterocycles. The Labute approximate surface area is 112 Å². The first-order valence-corrected chi connectivity index (χ1v) is 6.38. The van der Waals surface area contributed by atoms with E-state index in [0.717, 1.165) is 6.42 Å². The summed E-state index contributed by atoms with van der Waals surface area (Å²) in [5.41, 5.74) is 6.09. The summed E-state index contributed by atoms with van der Waals surface area (Å²) in [7, 11) is 0. The number of aryl methyl sites for hydroxylation is 1. The third-order valence-corrected chi connectivity index (χ3v) is 3.33. The van der Waals surface area contributed by atoms with Crippen LogP contribution in [0.4, 0.5) is 0 Å². The van der Waals surface area contributed by atoms with Gasteiger partial charge >= 0.3 is 5.97 Å². The van der Waals surface area contributed by atoms with Crippen LogP contribution in [0.1, 0.15) is 25.3 Å². The molecular formula is C14H21NO4. The average Bonchev–Trinajstić information content (AvgIpc) is 2.37. The molecule has 0 aliphatic heterocycles. The Hall–Kier alpha value is -1.75. The SMILES string of the molecule is CC(CCc1cccc(O)c1O)CC(CN)C(=O)O. The number of aliphatic carboxylic acids is 1. The maximum Gasteiger partial charge on any atom is 0.307 e. The van der Waals surface area contributed by atoms with Crippen LogP contribution in [-0.2, 0) is 11.2 Å². The maximum atomic E-state index is 10.9. The number of aromatic hydroxyl groups is 2. The zero-order chi connectivity index (χ0) is 14.4. The minimum atomic E-state index is -0.866. The summed E-state index contributed by atoms with van der Waals surface area (Å²) < 4.78 is 0. The van der Waals surface area contributed by atoms with Gasteiger partial charge in [0, 0.05) is 6.54 Å². The summed E-state index contributed by atoms with van der Waals surface area (Å²) in [5.74, 6) is -1.42. The van der Waals surface area contributed by atoms with Crippen molar-refractivity contribution in [1.29, 1.82) is 0 Å². The van der Waals surface area contributed by atoms with E-state index in [1.54, 1.807) is 12.1 Å². The van der Waals surface area contributed by atoms with Crippen molar-refractivity contribution in [2.24, 2.45) is 17.6 Å². The summed E-state index contributed by atoms with van der Waals surface area (Å²) in [5, 5.41) is 28.0. The molecule has 0 saturated heterocycles. The van der Waals surface area contributed by atoms with Crippen molar-refractivity contribution in [2.75, 3.05) is 6.54 Å². The second-order valence-corrected chi connectivity index (χ2v) is 4.94. The van der Waals surface area contributed by atoms with Crippen molar-refractivity contribution in [3.8, 4) is 11.5 Å². The standard InChI is InChI=1S/C14H21NO4/c1-9(7-11(8-15)14(18)19)5-6-10-3-2-4-12(16)13(10)17/h2-4,9,11,16-17H,5-8,15H2,1H3,(H,18,19). The minimum absolute atomic E-state index is 0.0942. The quantitative estimate of drug-likeness (QED) is 0.563. The lowest BCUT2D eigenvalue weighted by Crippen LogP contribution is -2.25. The largest absolute Gasteiger partial charge is 0.504 e. The summed E-state index contributed by atoms with van der Waals surface area (Å²) in [6.45, 7) is 2.10. The zero-order valence-corrected chi connectivity index (χ0v) is 11.0. The number of phenols is 2. The van der Waals surface area contributed by atoms with Crippen LogP contribution in [0, 0.1) is 11.8 Å². The van der Waals surface area contributed by atoms with Crippen molar-refractivity contribution in [3.05, 3.63) is 23.8 Å². The molecule has 0 aliphatic carbocycles. The van der Waals surface area contributed by atoms with Crippen molar-refractivity contribution in [2.45, 2.75) is 26.2 Å². The van der Waals surface area contributed by atoms with Gasteiger partial charge in [-0.05, 0) is 36.8 Å². The Bertz CT molecular complexity index is 433. The van der Waals surface area contributed by atoms with E-state index in [9.17, 15) is 15.0 Å². The minimum Gasteiger partial charge on any atom is -0.504 e. The van der Waals surface area contributed by atoms with Gasteiger partial charge in [0.2, 0.25) is 0 Å². The van der Waals surface area contributed by atoms with Crippen LogP contribution in [0.2, 0.25) is 0 Å². The number of benzene rings is 1. The molecule has 0 heterocycles. The van der Waals surface area contributed by atoms with Gasteiger partial charge in [-0.2, -0.15) is 0 Å². The summed E-state index contributed by atoms with van der Waals surface area (Å²) in [4.78, 5) is 10.9. The summed E-state index contributed by atoms with van der Waals surface area (Å²) in [6.07, 6.45) is 1.85. The van der Waals surface area contributed by atoms with Crippen LogP contribution in [0.15, 0.2) is 18.2 Å². The van der Waals surface area contributed by atoms with E-state index >= 15 is 0 Å². The molecule has 0 amide bonds. The predicted octanol–water partition coefficient (Wildman–Crippen LogP) is 1.72. The second-order valence-electron chi connectivity index (χ2n) is 4.94. The van der Waals surface area contributed by atoms with Crippen molar-refractivity contribution in [1.82, 2.24) is 0 Å². The molecule has 0 saturated carbocycles. The molecule has 19 heavy (non-hydrogen) atoms. The number of carboxylic acids is 1. The van der Waals surface area contributed by atoms with Crippen LogP contribution >= 0.6 is 0 Å². The highest BCUT2D eigenvalue weighted by atomic mass is 16.4. The molecule has 2 atom stereocenters. The average molecular weight is 267 g/mol. The Balaban J connectivity index is 2.52. The first-order valence-electron chi connectivity index (χ1n) is 6.38. The van der Waals surface area contributed by atoms with Gasteiger partial charge in [-0.15, -0.1) is 0 Å². The van der Waals surface area contributed by atoms with E-state index in [2.05, 4.69) is 0 Å². The van der Waals surface area contributed by atoms with Gasteiger partial charge in [-0.3, -0.25) is 4.79 Å². The molecule has 0 aliphatic rings. The first kappa shape index (κ1) is 15.3. The zero-order valence-electron chi connectivity index (χ0n) is 11.0. The lowest BCUT2D eigenvalue weighted by atomic mass is 9.91. The third kappa shape index (κ3) is 4.44. The van der Waals surface area contributed by atoms with E-state index in [-0.39, 0.29) is 24.0 Å². The number of carboxylic acid groups (broad SMARTS) is 1. The van der Waals surface area contributed by atoms with E-state index < -0.39 is 11.9 Å².